The van der Waals surface area contributed by atoms with Gasteiger partial charge in [0.25, 0.3) is 0 Å². The number of halogens is 1. The zero-order valence-electron chi connectivity index (χ0n) is 10.7. The number of benzene rings is 1. The summed E-state index contributed by atoms with van der Waals surface area (Å²) >= 11 is 3.48. The SMILES string of the molecule is COc1cc(CC(C)=O)cc(Br)c1OCC1CC1. The quantitative estimate of drug-likeness (QED) is 0.808. The Bertz CT molecular complexity index is 453. The Balaban J connectivity index is 2.18. The van der Waals surface area contributed by atoms with Crippen LogP contribution in [-0.2, 0) is 11.2 Å². The topological polar surface area (TPSA) is 35.5 Å². The van der Waals surface area contributed by atoms with Crippen LogP contribution in [0, 0.1) is 5.92 Å². The molecule has 1 aromatic rings. The molecule has 1 aliphatic rings. The number of hydrogen-bond donors (Lipinski definition) is 0. The summed E-state index contributed by atoms with van der Waals surface area (Å²) in [5.41, 5.74) is 0.935. The molecule has 0 atom stereocenters. The molecule has 0 aromatic heterocycles. The van der Waals surface area contributed by atoms with Crippen LogP contribution in [0.2, 0.25) is 0 Å². The van der Waals surface area contributed by atoms with E-state index in [0.717, 1.165) is 22.4 Å². The third kappa shape index (κ3) is 3.48. The van der Waals surface area contributed by atoms with E-state index >= 15 is 0 Å². The van der Waals surface area contributed by atoms with Crippen LogP contribution in [0.4, 0.5) is 0 Å². The molecule has 0 aliphatic heterocycles. The van der Waals surface area contributed by atoms with Gasteiger partial charge < -0.3 is 9.47 Å². The van der Waals surface area contributed by atoms with E-state index in [4.69, 9.17) is 9.47 Å². The first-order valence-corrected chi connectivity index (χ1v) is 6.88. The minimum atomic E-state index is 0.135. The lowest BCUT2D eigenvalue weighted by molar-refractivity contribution is -0.116. The van der Waals surface area contributed by atoms with E-state index in [2.05, 4.69) is 15.9 Å². The summed E-state index contributed by atoms with van der Waals surface area (Å²) in [5, 5.41) is 0. The van der Waals surface area contributed by atoms with E-state index in [1.165, 1.54) is 12.8 Å². The van der Waals surface area contributed by atoms with Gasteiger partial charge >= 0.3 is 0 Å². The number of hydrogen-bond acceptors (Lipinski definition) is 3. The van der Waals surface area contributed by atoms with Gasteiger partial charge in [0, 0.05) is 6.42 Å². The first-order chi connectivity index (χ1) is 8.60. The van der Waals surface area contributed by atoms with Crippen LogP contribution in [0.5, 0.6) is 11.5 Å². The summed E-state index contributed by atoms with van der Waals surface area (Å²) in [7, 11) is 1.61. The van der Waals surface area contributed by atoms with Crippen molar-refractivity contribution >= 4 is 21.7 Å². The van der Waals surface area contributed by atoms with E-state index in [1.54, 1.807) is 14.0 Å². The van der Waals surface area contributed by atoms with Crippen LogP contribution in [0.15, 0.2) is 16.6 Å². The fourth-order valence-corrected chi connectivity index (χ4v) is 2.39. The van der Waals surface area contributed by atoms with Gasteiger partial charge in [-0.2, -0.15) is 0 Å². The largest absolute Gasteiger partial charge is 0.493 e. The summed E-state index contributed by atoms with van der Waals surface area (Å²) in [6.45, 7) is 2.32. The van der Waals surface area contributed by atoms with E-state index in [0.29, 0.717) is 18.1 Å². The lowest BCUT2D eigenvalue weighted by Crippen LogP contribution is -2.03. The molecule has 4 heteroatoms. The predicted molar refractivity (Wildman–Crippen MR) is 73.3 cm³/mol. The van der Waals surface area contributed by atoms with Crippen molar-refractivity contribution in [2.24, 2.45) is 5.92 Å². The monoisotopic (exact) mass is 312 g/mol. The van der Waals surface area contributed by atoms with Gasteiger partial charge in [-0.15, -0.1) is 0 Å². The Morgan fingerprint density at radius 1 is 1.44 bits per heavy atom. The molecule has 0 saturated heterocycles. The van der Waals surface area contributed by atoms with Crippen LogP contribution in [0.1, 0.15) is 25.3 Å². The van der Waals surface area contributed by atoms with Gasteiger partial charge in [-0.25, -0.2) is 0 Å². The van der Waals surface area contributed by atoms with Crippen LogP contribution >= 0.6 is 15.9 Å². The fourth-order valence-electron chi connectivity index (χ4n) is 1.79. The molecule has 0 amide bonds. The van der Waals surface area contributed by atoms with E-state index < -0.39 is 0 Å². The second-order valence-corrected chi connectivity index (χ2v) is 5.60. The molecule has 1 aliphatic carbocycles. The zero-order valence-corrected chi connectivity index (χ0v) is 12.2. The molecule has 18 heavy (non-hydrogen) atoms. The maximum absolute atomic E-state index is 11.1. The maximum Gasteiger partial charge on any atom is 0.175 e. The molecule has 2 rings (SSSR count). The molecule has 0 radical (unpaired) electrons. The normalized spacial score (nSPS) is 14.4. The van der Waals surface area contributed by atoms with Crippen LogP contribution in [-0.4, -0.2) is 19.5 Å². The van der Waals surface area contributed by atoms with Crippen LogP contribution in [0.3, 0.4) is 0 Å². The summed E-state index contributed by atoms with van der Waals surface area (Å²) in [4.78, 5) is 11.1. The number of carbonyl (C=O) groups is 1. The molecule has 1 saturated carbocycles. The van der Waals surface area contributed by atoms with Gasteiger partial charge in [0.1, 0.15) is 5.78 Å². The first-order valence-electron chi connectivity index (χ1n) is 6.08. The third-order valence-electron chi connectivity index (χ3n) is 2.90. The molecule has 0 N–H and O–H groups in total. The molecular formula is C14H17BrO3. The average Bonchev–Trinajstić information content (AvgIpc) is 3.10. The average molecular weight is 313 g/mol. The van der Waals surface area contributed by atoms with Gasteiger partial charge in [0.05, 0.1) is 18.2 Å². The van der Waals surface area contributed by atoms with Crippen molar-refractivity contribution in [2.45, 2.75) is 26.2 Å². The van der Waals surface area contributed by atoms with Gasteiger partial charge in [-0.05, 0) is 59.3 Å². The highest BCUT2D eigenvalue weighted by Gasteiger charge is 2.23. The minimum Gasteiger partial charge on any atom is -0.493 e. The molecule has 3 nitrogen and oxygen atoms in total. The fraction of sp³-hybridized carbons (Fsp3) is 0.500. The number of carbonyl (C=O) groups excluding carboxylic acids is 1. The van der Waals surface area contributed by atoms with Gasteiger partial charge in [-0.1, -0.05) is 0 Å². The second-order valence-electron chi connectivity index (χ2n) is 4.74. The number of rotatable bonds is 6. The molecular weight excluding hydrogens is 296 g/mol. The molecule has 0 bridgehead atoms. The predicted octanol–water partition coefficient (Wildman–Crippen LogP) is 3.38. The van der Waals surface area contributed by atoms with Crippen molar-refractivity contribution in [1.82, 2.24) is 0 Å². The van der Waals surface area contributed by atoms with Crippen molar-refractivity contribution < 1.29 is 14.3 Å². The highest BCUT2D eigenvalue weighted by molar-refractivity contribution is 9.10. The molecule has 98 valence electrons. The molecule has 0 unspecified atom stereocenters. The Labute approximate surface area is 116 Å². The van der Waals surface area contributed by atoms with Crippen molar-refractivity contribution in [3.63, 3.8) is 0 Å². The number of ketones is 1. The van der Waals surface area contributed by atoms with Crippen molar-refractivity contribution in [2.75, 3.05) is 13.7 Å². The van der Waals surface area contributed by atoms with Gasteiger partial charge in [-0.3, -0.25) is 4.79 Å². The summed E-state index contributed by atoms with van der Waals surface area (Å²) < 4.78 is 12.0. The standard InChI is InChI=1S/C14H17BrO3/c1-9(16)5-11-6-12(15)14(13(7-11)17-2)18-8-10-3-4-10/h6-7,10H,3-5,8H2,1-2H3. The minimum absolute atomic E-state index is 0.135. The molecule has 1 fully saturated rings. The Kier molecular flexibility index (Phi) is 4.27. The molecule has 0 heterocycles. The Morgan fingerprint density at radius 3 is 2.72 bits per heavy atom. The number of methoxy groups -OCH3 is 1. The van der Waals surface area contributed by atoms with Crippen molar-refractivity contribution in [3.8, 4) is 11.5 Å². The Hall–Kier alpha value is -1.03. The number of Topliss-reactive ketones (excluding diaryl/α,β-unsaturated/α-hetero) is 1. The molecule has 0 spiro atoms. The number of ether oxygens (including phenoxy) is 2. The second kappa shape index (κ2) is 5.74. The maximum atomic E-state index is 11.1. The first kappa shape index (κ1) is 13.4. The van der Waals surface area contributed by atoms with Crippen molar-refractivity contribution in [1.29, 1.82) is 0 Å². The van der Waals surface area contributed by atoms with E-state index in [9.17, 15) is 4.79 Å². The summed E-state index contributed by atoms with van der Waals surface area (Å²) in [5.74, 6) is 2.24. The highest BCUT2D eigenvalue weighted by atomic mass is 79.9. The summed E-state index contributed by atoms with van der Waals surface area (Å²) in [6.07, 6.45) is 2.92. The van der Waals surface area contributed by atoms with Gasteiger partial charge in [0.15, 0.2) is 11.5 Å². The lowest BCUT2D eigenvalue weighted by atomic mass is 10.1. The smallest absolute Gasteiger partial charge is 0.175 e. The third-order valence-corrected chi connectivity index (χ3v) is 3.49. The van der Waals surface area contributed by atoms with E-state index in [1.807, 2.05) is 12.1 Å². The zero-order chi connectivity index (χ0) is 13.1. The van der Waals surface area contributed by atoms with E-state index in [-0.39, 0.29) is 5.78 Å². The highest BCUT2D eigenvalue weighted by Crippen LogP contribution is 2.38. The molecule has 1 aromatic carbocycles. The lowest BCUT2D eigenvalue weighted by Gasteiger charge is -2.13. The summed E-state index contributed by atoms with van der Waals surface area (Å²) in [6, 6.07) is 3.79. The van der Waals surface area contributed by atoms with Crippen molar-refractivity contribution in [3.05, 3.63) is 22.2 Å². The van der Waals surface area contributed by atoms with Crippen LogP contribution in [0.25, 0.3) is 0 Å². The van der Waals surface area contributed by atoms with Crippen LogP contribution < -0.4 is 9.47 Å². The Morgan fingerprint density at radius 2 is 2.17 bits per heavy atom. The van der Waals surface area contributed by atoms with Gasteiger partial charge in [0.2, 0.25) is 0 Å².